The number of amides is 1. The van der Waals surface area contributed by atoms with Crippen molar-refractivity contribution >= 4 is 15.9 Å². The first-order chi connectivity index (χ1) is 14.4. The molecule has 0 aromatic heterocycles. The van der Waals surface area contributed by atoms with Crippen LogP contribution in [-0.4, -0.2) is 62.9 Å². The molecule has 1 saturated carbocycles. The lowest BCUT2D eigenvalue weighted by atomic mass is 9.96. The third-order valence-electron chi connectivity index (χ3n) is 5.83. The van der Waals surface area contributed by atoms with Crippen LogP contribution in [0.4, 0.5) is 0 Å². The van der Waals surface area contributed by atoms with Crippen LogP contribution >= 0.6 is 0 Å². The average Bonchev–Trinajstić information content (AvgIpc) is 3.13. The molecule has 7 nitrogen and oxygen atoms in total. The zero-order valence-corrected chi connectivity index (χ0v) is 18.8. The van der Waals surface area contributed by atoms with Gasteiger partial charge in [0, 0.05) is 19.0 Å². The van der Waals surface area contributed by atoms with Crippen LogP contribution in [0.3, 0.4) is 0 Å². The highest BCUT2D eigenvalue weighted by molar-refractivity contribution is 7.88. The lowest BCUT2D eigenvalue weighted by Crippen LogP contribution is -2.59. The van der Waals surface area contributed by atoms with E-state index in [1.807, 2.05) is 42.2 Å². The molecule has 0 bridgehead atoms. The Morgan fingerprint density at radius 3 is 2.57 bits per heavy atom. The van der Waals surface area contributed by atoms with E-state index in [1.165, 1.54) is 6.26 Å². The van der Waals surface area contributed by atoms with Gasteiger partial charge in [0.1, 0.15) is 11.9 Å². The second kappa shape index (κ2) is 10.6. The van der Waals surface area contributed by atoms with Gasteiger partial charge in [-0.05, 0) is 50.7 Å². The molecular weight excluding hydrogens is 404 g/mol. The summed E-state index contributed by atoms with van der Waals surface area (Å²) in [4.78, 5) is 14.5. The summed E-state index contributed by atoms with van der Waals surface area (Å²) in [7, 11) is -3.38. The molecule has 8 heteroatoms. The first-order valence-electron chi connectivity index (χ1n) is 11.0. The Morgan fingerprint density at radius 2 is 1.87 bits per heavy atom. The molecule has 4 atom stereocenters. The largest absolute Gasteiger partial charge is 0.488 e. The number of rotatable bonds is 9. The number of hydrogen-bond donors (Lipinski definition) is 1. The van der Waals surface area contributed by atoms with Crippen LogP contribution in [0.25, 0.3) is 0 Å². The number of benzene rings is 1. The van der Waals surface area contributed by atoms with E-state index >= 15 is 0 Å². The van der Waals surface area contributed by atoms with Crippen LogP contribution in [0.2, 0.25) is 0 Å². The van der Waals surface area contributed by atoms with Crippen molar-refractivity contribution in [2.24, 2.45) is 0 Å². The third kappa shape index (κ3) is 6.43. The van der Waals surface area contributed by atoms with E-state index in [0.717, 1.165) is 37.9 Å². The second-order valence-electron chi connectivity index (χ2n) is 8.32. The molecule has 0 unspecified atom stereocenters. The van der Waals surface area contributed by atoms with E-state index < -0.39 is 10.0 Å². The van der Waals surface area contributed by atoms with Crippen molar-refractivity contribution in [3.63, 3.8) is 0 Å². The quantitative estimate of drug-likeness (QED) is 0.641. The summed E-state index contributed by atoms with van der Waals surface area (Å²) in [5.41, 5.74) is 0. The molecule has 2 fully saturated rings. The molecule has 1 amide bonds. The number of piperidine rings is 1. The molecule has 30 heavy (non-hydrogen) atoms. The van der Waals surface area contributed by atoms with Gasteiger partial charge in [0.15, 0.2) is 0 Å². The minimum absolute atomic E-state index is 0.0305. The fourth-order valence-electron chi connectivity index (χ4n) is 4.46. The molecule has 1 aromatic rings. The minimum atomic E-state index is -3.38. The monoisotopic (exact) mass is 438 g/mol. The lowest BCUT2D eigenvalue weighted by Gasteiger charge is -2.41. The van der Waals surface area contributed by atoms with E-state index in [9.17, 15) is 13.2 Å². The van der Waals surface area contributed by atoms with E-state index in [1.54, 1.807) is 0 Å². The highest BCUT2D eigenvalue weighted by atomic mass is 32.2. The van der Waals surface area contributed by atoms with E-state index in [-0.39, 0.29) is 30.2 Å². The Morgan fingerprint density at radius 1 is 1.13 bits per heavy atom. The summed E-state index contributed by atoms with van der Waals surface area (Å²) in [6.45, 7) is 2.93. The number of sulfonamides is 1. The number of carbonyl (C=O) groups excluding carboxylic acids is 1. The number of nitrogens with one attached hydrogen (secondary N) is 1. The summed E-state index contributed by atoms with van der Waals surface area (Å²) in [6, 6.07) is 9.09. The molecule has 1 aliphatic carbocycles. The minimum Gasteiger partial charge on any atom is -0.488 e. The van der Waals surface area contributed by atoms with Gasteiger partial charge >= 0.3 is 0 Å². The number of hydrogen-bond acceptors (Lipinski definition) is 5. The summed E-state index contributed by atoms with van der Waals surface area (Å²) < 4.78 is 38.9. The lowest BCUT2D eigenvalue weighted by molar-refractivity contribution is -0.138. The first-order valence-corrected chi connectivity index (χ1v) is 12.9. The first kappa shape index (κ1) is 23.0. The normalized spacial score (nSPS) is 27.2. The summed E-state index contributed by atoms with van der Waals surface area (Å²) in [5, 5.41) is 0. The van der Waals surface area contributed by atoms with Crippen LogP contribution in [0.15, 0.2) is 30.3 Å². The molecule has 1 saturated heterocycles. The number of carbonyl (C=O) groups is 1. The van der Waals surface area contributed by atoms with Gasteiger partial charge in [0.25, 0.3) is 0 Å². The van der Waals surface area contributed by atoms with Gasteiger partial charge < -0.3 is 14.4 Å². The molecule has 0 spiro atoms. The van der Waals surface area contributed by atoms with E-state index in [0.29, 0.717) is 26.0 Å². The Kier molecular flexibility index (Phi) is 8.13. The zero-order valence-electron chi connectivity index (χ0n) is 18.0. The van der Waals surface area contributed by atoms with E-state index in [4.69, 9.17) is 9.47 Å². The summed E-state index contributed by atoms with van der Waals surface area (Å²) in [6.07, 6.45) is 6.63. The van der Waals surface area contributed by atoms with Gasteiger partial charge in [0.05, 0.1) is 25.0 Å². The number of nitrogens with zero attached hydrogens (tertiary/aromatic N) is 1. The smallest absolute Gasteiger partial charge is 0.222 e. The number of likely N-dealkylation sites (tertiary alicyclic amines) is 1. The van der Waals surface area contributed by atoms with Crippen LogP contribution in [0.5, 0.6) is 5.75 Å². The number of para-hydroxylation sites is 1. The van der Waals surface area contributed by atoms with Crippen molar-refractivity contribution in [2.45, 2.75) is 76.2 Å². The van der Waals surface area contributed by atoms with Crippen molar-refractivity contribution in [1.29, 1.82) is 0 Å². The van der Waals surface area contributed by atoms with Gasteiger partial charge in [-0.15, -0.1) is 0 Å². The molecule has 1 heterocycles. The Bertz CT molecular complexity index is 786. The van der Waals surface area contributed by atoms with Gasteiger partial charge in [-0.1, -0.05) is 25.1 Å². The molecule has 168 valence electrons. The van der Waals surface area contributed by atoms with Crippen molar-refractivity contribution in [2.75, 3.05) is 19.4 Å². The maximum atomic E-state index is 12.7. The van der Waals surface area contributed by atoms with Gasteiger partial charge in [0.2, 0.25) is 15.9 Å². The number of ether oxygens (including phenoxy) is 2. The molecule has 0 radical (unpaired) electrons. The van der Waals surface area contributed by atoms with Crippen LogP contribution < -0.4 is 9.46 Å². The van der Waals surface area contributed by atoms with Crippen LogP contribution in [-0.2, 0) is 19.6 Å². The molecular formula is C22H34N2O5S. The predicted molar refractivity (Wildman–Crippen MR) is 116 cm³/mol. The highest BCUT2D eigenvalue weighted by Gasteiger charge is 2.38. The van der Waals surface area contributed by atoms with Crippen molar-refractivity contribution in [3.05, 3.63) is 30.3 Å². The Labute approximate surface area is 180 Å². The molecule has 1 aliphatic heterocycles. The van der Waals surface area contributed by atoms with Crippen LogP contribution in [0.1, 0.15) is 51.9 Å². The third-order valence-corrected chi connectivity index (χ3v) is 6.56. The summed E-state index contributed by atoms with van der Waals surface area (Å²) in [5.74, 6) is 0.890. The predicted octanol–water partition coefficient (Wildman–Crippen LogP) is 2.71. The maximum Gasteiger partial charge on any atom is 0.222 e. The van der Waals surface area contributed by atoms with Gasteiger partial charge in [-0.3, -0.25) is 4.79 Å². The zero-order chi connectivity index (χ0) is 21.6. The molecule has 1 aromatic carbocycles. The molecule has 2 aliphatic rings. The fourth-order valence-corrected chi connectivity index (χ4v) is 5.28. The average molecular weight is 439 g/mol. The Balaban J connectivity index is 1.67. The summed E-state index contributed by atoms with van der Waals surface area (Å²) >= 11 is 0. The van der Waals surface area contributed by atoms with Gasteiger partial charge in [-0.2, -0.15) is 0 Å². The SMILES string of the molecule is CCCC(=O)N1CCC[C@H](NS(C)(=O)=O)[C@@H]1CO[C@H]1CCC[C@@H]1Oc1ccccc1. The van der Waals surface area contributed by atoms with Crippen molar-refractivity contribution < 1.29 is 22.7 Å². The van der Waals surface area contributed by atoms with Crippen molar-refractivity contribution in [1.82, 2.24) is 9.62 Å². The highest BCUT2D eigenvalue weighted by Crippen LogP contribution is 2.28. The maximum absolute atomic E-state index is 12.7. The Hall–Kier alpha value is -1.64. The second-order valence-corrected chi connectivity index (χ2v) is 10.1. The van der Waals surface area contributed by atoms with E-state index in [2.05, 4.69) is 4.72 Å². The van der Waals surface area contributed by atoms with Crippen LogP contribution in [0, 0.1) is 0 Å². The topological polar surface area (TPSA) is 84.9 Å². The van der Waals surface area contributed by atoms with Gasteiger partial charge in [-0.25, -0.2) is 13.1 Å². The van der Waals surface area contributed by atoms with Crippen molar-refractivity contribution in [3.8, 4) is 5.75 Å². The molecule has 1 N–H and O–H groups in total. The standard InChI is InChI=1S/C22H34N2O5S/c1-3-9-22(25)24-15-8-12-18(23-30(2,26)27)19(24)16-28-20-13-7-14-21(20)29-17-10-5-4-6-11-17/h4-6,10-11,18-21,23H,3,7-9,12-16H2,1-2H3/t18-,19-,20-,21-/m0/s1. The molecule has 3 rings (SSSR count). The fraction of sp³-hybridized carbons (Fsp3) is 0.682.